The molecule has 0 aliphatic rings. The Morgan fingerprint density at radius 3 is 2.67 bits per heavy atom. The van der Waals surface area contributed by atoms with E-state index in [1.165, 1.54) is 0 Å². The summed E-state index contributed by atoms with van der Waals surface area (Å²) < 4.78 is 6.45. The maximum atomic E-state index is 9.72. The lowest BCUT2D eigenvalue weighted by Crippen LogP contribution is -1.94. The standard InChI is InChI=1S/C17H18BrNO2/c1-2-9-21-16-6-3-13(4-7-16)11-19-12-14-10-15(18)5-8-17(14)20/h3-8,10,12,20H,2,9,11H2,1H3. The predicted octanol–water partition coefficient (Wildman–Crippen LogP) is 4.56. The molecule has 1 N–H and O–H groups in total. The van der Waals surface area contributed by atoms with Crippen LogP contribution in [-0.4, -0.2) is 17.9 Å². The molecule has 0 unspecified atom stereocenters. The third kappa shape index (κ3) is 4.90. The molecule has 0 heterocycles. The van der Waals surface area contributed by atoms with Crippen LogP contribution >= 0.6 is 15.9 Å². The molecular weight excluding hydrogens is 330 g/mol. The van der Waals surface area contributed by atoms with Crippen LogP contribution in [0.2, 0.25) is 0 Å². The lowest BCUT2D eigenvalue weighted by molar-refractivity contribution is 0.317. The van der Waals surface area contributed by atoms with Crippen LogP contribution in [0.3, 0.4) is 0 Å². The minimum absolute atomic E-state index is 0.227. The van der Waals surface area contributed by atoms with Crippen molar-refractivity contribution in [2.75, 3.05) is 6.61 Å². The number of ether oxygens (including phenoxy) is 1. The Morgan fingerprint density at radius 1 is 1.19 bits per heavy atom. The molecular formula is C17H18BrNO2. The fourth-order valence-corrected chi connectivity index (χ4v) is 2.17. The Balaban J connectivity index is 1.96. The molecule has 0 atom stereocenters. The highest BCUT2D eigenvalue weighted by molar-refractivity contribution is 9.10. The van der Waals surface area contributed by atoms with Crippen molar-refractivity contribution in [2.45, 2.75) is 19.9 Å². The largest absolute Gasteiger partial charge is 0.507 e. The zero-order valence-corrected chi connectivity index (χ0v) is 13.5. The fraction of sp³-hybridized carbons (Fsp3) is 0.235. The van der Waals surface area contributed by atoms with Crippen LogP contribution in [-0.2, 0) is 6.54 Å². The van der Waals surface area contributed by atoms with E-state index >= 15 is 0 Å². The van der Waals surface area contributed by atoms with Gasteiger partial charge >= 0.3 is 0 Å². The lowest BCUT2D eigenvalue weighted by Gasteiger charge is -2.04. The number of hydrogen-bond acceptors (Lipinski definition) is 3. The van der Waals surface area contributed by atoms with Gasteiger partial charge in [0, 0.05) is 16.3 Å². The van der Waals surface area contributed by atoms with Crippen molar-refractivity contribution >= 4 is 22.1 Å². The Labute approximate surface area is 133 Å². The van der Waals surface area contributed by atoms with E-state index in [0.717, 1.165) is 28.8 Å². The van der Waals surface area contributed by atoms with Crippen LogP contribution in [0.25, 0.3) is 0 Å². The smallest absolute Gasteiger partial charge is 0.124 e. The molecule has 21 heavy (non-hydrogen) atoms. The van der Waals surface area contributed by atoms with Gasteiger partial charge in [-0.05, 0) is 42.3 Å². The van der Waals surface area contributed by atoms with Crippen LogP contribution in [0, 0.1) is 0 Å². The summed E-state index contributed by atoms with van der Waals surface area (Å²) in [4.78, 5) is 4.36. The molecule has 0 fully saturated rings. The molecule has 2 rings (SSSR count). The molecule has 4 heteroatoms. The number of aliphatic imine (C=N–C) groups is 1. The number of rotatable bonds is 6. The minimum Gasteiger partial charge on any atom is -0.507 e. The van der Waals surface area contributed by atoms with Crippen molar-refractivity contribution in [1.82, 2.24) is 0 Å². The highest BCUT2D eigenvalue weighted by Gasteiger charge is 1.99. The first-order valence-corrected chi connectivity index (χ1v) is 7.68. The Kier molecular flexibility index (Phi) is 5.81. The van der Waals surface area contributed by atoms with Gasteiger partial charge in [0.05, 0.1) is 13.2 Å². The van der Waals surface area contributed by atoms with Gasteiger partial charge in [0.2, 0.25) is 0 Å². The summed E-state index contributed by atoms with van der Waals surface area (Å²) in [5.41, 5.74) is 1.80. The van der Waals surface area contributed by atoms with E-state index in [0.29, 0.717) is 12.1 Å². The van der Waals surface area contributed by atoms with Gasteiger partial charge in [-0.15, -0.1) is 0 Å². The number of aromatic hydroxyl groups is 1. The third-order valence-corrected chi connectivity index (χ3v) is 3.38. The summed E-state index contributed by atoms with van der Waals surface area (Å²) in [7, 11) is 0. The second-order valence-electron chi connectivity index (χ2n) is 4.67. The summed E-state index contributed by atoms with van der Waals surface area (Å²) >= 11 is 3.38. The summed E-state index contributed by atoms with van der Waals surface area (Å²) in [5.74, 6) is 1.11. The van der Waals surface area contributed by atoms with Crippen LogP contribution in [0.1, 0.15) is 24.5 Å². The highest BCUT2D eigenvalue weighted by atomic mass is 79.9. The van der Waals surface area contributed by atoms with E-state index < -0.39 is 0 Å². The summed E-state index contributed by atoms with van der Waals surface area (Å²) in [6.07, 6.45) is 2.68. The Bertz CT molecular complexity index is 609. The van der Waals surface area contributed by atoms with Crippen molar-refractivity contribution in [3.05, 3.63) is 58.1 Å². The normalized spacial score (nSPS) is 11.0. The average molecular weight is 348 g/mol. The molecule has 110 valence electrons. The molecule has 0 bridgehead atoms. The molecule has 0 aliphatic heterocycles. The minimum atomic E-state index is 0.227. The van der Waals surface area contributed by atoms with Gasteiger partial charge in [-0.3, -0.25) is 4.99 Å². The number of nitrogens with zero attached hydrogens (tertiary/aromatic N) is 1. The van der Waals surface area contributed by atoms with Crippen LogP contribution < -0.4 is 4.74 Å². The van der Waals surface area contributed by atoms with Gasteiger partial charge in [-0.1, -0.05) is 35.0 Å². The van der Waals surface area contributed by atoms with Crippen molar-refractivity contribution in [3.63, 3.8) is 0 Å². The van der Waals surface area contributed by atoms with E-state index in [9.17, 15) is 5.11 Å². The highest BCUT2D eigenvalue weighted by Crippen LogP contribution is 2.20. The maximum absolute atomic E-state index is 9.72. The molecule has 0 aromatic heterocycles. The molecule has 2 aromatic rings. The predicted molar refractivity (Wildman–Crippen MR) is 89.3 cm³/mol. The van der Waals surface area contributed by atoms with Crippen molar-refractivity contribution in [1.29, 1.82) is 0 Å². The fourth-order valence-electron chi connectivity index (χ4n) is 1.79. The van der Waals surface area contributed by atoms with Crippen LogP contribution in [0.5, 0.6) is 11.5 Å². The second-order valence-corrected chi connectivity index (χ2v) is 5.58. The van der Waals surface area contributed by atoms with Crippen molar-refractivity contribution in [2.24, 2.45) is 4.99 Å². The number of benzene rings is 2. The van der Waals surface area contributed by atoms with E-state index in [4.69, 9.17) is 4.74 Å². The first-order chi connectivity index (χ1) is 10.2. The Morgan fingerprint density at radius 2 is 1.95 bits per heavy atom. The molecule has 2 aromatic carbocycles. The van der Waals surface area contributed by atoms with E-state index in [2.05, 4.69) is 27.8 Å². The zero-order valence-electron chi connectivity index (χ0n) is 11.9. The van der Waals surface area contributed by atoms with Gasteiger partial charge < -0.3 is 9.84 Å². The summed E-state index contributed by atoms with van der Waals surface area (Å²) in [6.45, 7) is 3.39. The van der Waals surface area contributed by atoms with Crippen LogP contribution in [0.15, 0.2) is 51.9 Å². The third-order valence-electron chi connectivity index (χ3n) is 2.89. The molecule has 0 saturated heterocycles. The summed E-state index contributed by atoms with van der Waals surface area (Å²) in [6, 6.07) is 13.2. The lowest BCUT2D eigenvalue weighted by atomic mass is 10.2. The Hall–Kier alpha value is -1.81. The molecule has 0 amide bonds. The van der Waals surface area contributed by atoms with Gasteiger partial charge in [0.25, 0.3) is 0 Å². The first-order valence-electron chi connectivity index (χ1n) is 6.89. The van der Waals surface area contributed by atoms with Gasteiger partial charge in [-0.2, -0.15) is 0 Å². The SMILES string of the molecule is CCCOc1ccc(CN=Cc2cc(Br)ccc2O)cc1. The van der Waals surface area contributed by atoms with Gasteiger partial charge in [0.1, 0.15) is 11.5 Å². The number of phenols is 1. The van der Waals surface area contributed by atoms with E-state index in [-0.39, 0.29) is 5.75 Å². The molecule has 0 saturated carbocycles. The van der Waals surface area contributed by atoms with Crippen molar-refractivity contribution < 1.29 is 9.84 Å². The number of hydrogen-bond donors (Lipinski definition) is 1. The van der Waals surface area contributed by atoms with E-state index in [1.54, 1.807) is 18.3 Å². The topological polar surface area (TPSA) is 41.8 Å². The van der Waals surface area contributed by atoms with Crippen LogP contribution in [0.4, 0.5) is 0 Å². The van der Waals surface area contributed by atoms with Gasteiger partial charge in [0.15, 0.2) is 0 Å². The summed E-state index contributed by atoms with van der Waals surface area (Å²) in [5, 5.41) is 9.72. The number of phenolic OH excluding ortho intramolecular Hbond substituents is 1. The molecule has 0 radical (unpaired) electrons. The number of halogens is 1. The second kappa shape index (κ2) is 7.84. The zero-order chi connectivity index (χ0) is 15.1. The quantitative estimate of drug-likeness (QED) is 0.778. The van der Waals surface area contributed by atoms with Crippen molar-refractivity contribution in [3.8, 4) is 11.5 Å². The maximum Gasteiger partial charge on any atom is 0.124 e. The molecule has 3 nitrogen and oxygen atoms in total. The monoisotopic (exact) mass is 347 g/mol. The molecule has 0 spiro atoms. The van der Waals surface area contributed by atoms with E-state index in [1.807, 2.05) is 30.3 Å². The molecule has 0 aliphatic carbocycles. The average Bonchev–Trinajstić information content (AvgIpc) is 2.50. The first kappa shape index (κ1) is 15.6. The van der Waals surface area contributed by atoms with Gasteiger partial charge in [-0.25, -0.2) is 0 Å².